The summed E-state index contributed by atoms with van der Waals surface area (Å²) in [5.41, 5.74) is 15.5. The van der Waals surface area contributed by atoms with Crippen LogP contribution in [0.5, 0.6) is 0 Å². The average Bonchev–Trinajstić information content (AvgIpc) is 2.97. The van der Waals surface area contributed by atoms with E-state index in [4.69, 9.17) is 16.6 Å². The highest BCUT2D eigenvalue weighted by molar-refractivity contribution is 5.98. The van der Waals surface area contributed by atoms with Gasteiger partial charge in [0.25, 0.3) is 5.91 Å². The number of carbonyl (C=O) groups excluding carboxylic acids is 2. The highest BCUT2D eigenvalue weighted by atomic mass is 16.2. The van der Waals surface area contributed by atoms with Gasteiger partial charge in [-0.05, 0) is 36.5 Å². The number of aromatic nitrogens is 2. The number of nitrogens with zero attached hydrogens (tertiary/aromatic N) is 3. The zero-order valence-corrected chi connectivity index (χ0v) is 15.1. The molecule has 1 aromatic heterocycles. The number of nitrogens with two attached hydrogens (primary N) is 2. The Morgan fingerprint density at radius 2 is 1.93 bits per heavy atom. The second kappa shape index (κ2) is 6.57. The van der Waals surface area contributed by atoms with Crippen LogP contribution < -0.4 is 11.5 Å². The quantitative estimate of drug-likeness (QED) is 0.799. The number of aryl methyl sites for hydroxylation is 1. The Kier molecular flexibility index (Phi) is 4.22. The van der Waals surface area contributed by atoms with Crippen molar-refractivity contribution in [3.8, 4) is 0 Å². The SMILES string of the molecule is C=CC(=O)N1CC(n2nc(C3CCc4ccccc4C3)c(C(N)=O)c2N)C1. The summed E-state index contributed by atoms with van der Waals surface area (Å²) < 4.78 is 1.67. The third-order valence-electron chi connectivity index (χ3n) is 5.65. The van der Waals surface area contributed by atoms with Crippen molar-refractivity contribution in [3.05, 3.63) is 59.3 Å². The number of likely N-dealkylation sites (tertiary alicyclic amines) is 1. The van der Waals surface area contributed by atoms with Crippen LogP contribution in [-0.4, -0.2) is 39.6 Å². The molecular weight excluding hydrogens is 342 g/mol. The van der Waals surface area contributed by atoms with Crippen molar-refractivity contribution < 1.29 is 9.59 Å². The minimum Gasteiger partial charge on any atom is -0.383 e. The molecule has 2 heterocycles. The van der Waals surface area contributed by atoms with Crippen molar-refractivity contribution >= 4 is 17.6 Å². The molecule has 1 saturated heterocycles. The topological polar surface area (TPSA) is 107 Å². The first kappa shape index (κ1) is 17.3. The van der Waals surface area contributed by atoms with E-state index in [2.05, 4.69) is 18.7 Å². The van der Waals surface area contributed by atoms with E-state index in [0.29, 0.717) is 30.2 Å². The van der Waals surface area contributed by atoms with Gasteiger partial charge in [0.15, 0.2) is 0 Å². The van der Waals surface area contributed by atoms with E-state index in [1.807, 2.05) is 12.1 Å². The zero-order chi connectivity index (χ0) is 19.1. The molecule has 4 rings (SSSR count). The molecule has 0 saturated carbocycles. The molecule has 140 valence electrons. The molecule has 0 bridgehead atoms. The Morgan fingerprint density at radius 3 is 2.59 bits per heavy atom. The number of primary amides is 1. The third kappa shape index (κ3) is 2.89. The lowest BCUT2D eigenvalue weighted by Crippen LogP contribution is -2.50. The molecule has 1 aliphatic carbocycles. The minimum atomic E-state index is -0.550. The lowest BCUT2D eigenvalue weighted by atomic mass is 9.81. The normalized spacial score (nSPS) is 19.3. The van der Waals surface area contributed by atoms with Crippen molar-refractivity contribution in [2.75, 3.05) is 18.8 Å². The summed E-state index contributed by atoms with van der Waals surface area (Å²) in [6.45, 7) is 4.50. The van der Waals surface area contributed by atoms with Crippen LogP contribution in [0.3, 0.4) is 0 Å². The highest BCUT2D eigenvalue weighted by Gasteiger charge is 2.36. The van der Waals surface area contributed by atoms with Crippen LogP contribution in [0.4, 0.5) is 5.82 Å². The largest absolute Gasteiger partial charge is 0.383 e. The molecule has 0 spiro atoms. The van der Waals surface area contributed by atoms with Crippen molar-refractivity contribution in [1.29, 1.82) is 0 Å². The summed E-state index contributed by atoms with van der Waals surface area (Å²) in [6.07, 6.45) is 3.96. The number of amides is 2. The molecule has 27 heavy (non-hydrogen) atoms. The van der Waals surface area contributed by atoms with Gasteiger partial charge in [0.2, 0.25) is 5.91 Å². The van der Waals surface area contributed by atoms with Gasteiger partial charge in [-0.1, -0.05) is 30.8 Å². The minimum absolute atomic E-state index is 0.0448. The summed E-state index contributed by atoms with van der Waals surface area (Å²) in [6, 6.07) is 8.30. The summed E-state index contributed by atoms with van der Waals surface area (Å²) in [7, 11) is 0. The number of rotatable bonds is 4. The van der Waals surface area contributed by atoms with Crippen molar-refractivity contribution in [2.45, 2.75) is 31.2 Å². The van der Waals surface area contributed by atoms with E-state index in [1.165, 1.54) is 17.2 Å². The fourth-order valence-corrected chi connectivity index (χ4v) is 4.13. The fourth-order valence-electron chi connectivity index (χ4n) is 4.13. The Bertz CT molecular complexity index is 926. The van der Waals surface area contributed by atoms with Gasteiger partial charge in [-0.25, -0.2) is 4.68 Å². The molecule has 2 aromatic rings. The standard InChI is InChI=1S/C20H23N5O2/c1-2-16(26)24-10-15(11-24)25-19(21)17(20(22)27)18(23-25)14-8-7-12-5-3-4-6-13(12)9-14/h2-6,14-15H,1,7-11,21H2,(H2,22,27). The molecule has 2 aliphatic rings. The van der Waals surface area contributed by atoms with Gasteiger partial charge in [0, 0.05) is 19.0 Å². The Morgan fingerprint density at radius 1 is 1.22 bits per heavy atom. The van der Waals surface area contributed by atoms with Gasteiger partial charge >= 0.3 is 0 Å². The van der Waals surface area contributed by atoms with E-state index in [1.54, 1.807) is 9.58 Å². The Hall–Kier alpha value is -3.09. The van der Waals surface area contributed by atoms with Gasteiger partial charge < -0.3 is 16.4 Å². The molecule has 7 nitrogen and oxygen atoms in total. The lowest BCUT2D eigenvalue weighted by molar-refractivity contribution is -0.131. The summed E-state index contributed by atoms with van der Waals surface area (Å²) >= 11 is 0. The molecule has 1 aromatic carbocycles. The van der Waals surface area contributed by atoms with Crippen LogP contribution in [0.15, 0.2) is 36.9 Å². The van der Waals surface area contributed by atoms with Crippen molar-refractivity contribution in [2.24, 2.45) is 5.73 Å². The van der Waals surface area contributed by atoms with Crippen molar-refractivity contribution in [1.82, 2.24) is 14.7 Å². The van der Waals surface area contributed by atoms with E-state index >= 15 is 0 Å². The highest BCUT2D eigenvalue weighted by Crippen LogP contribution is 2.36. The Labute approximate surface area is 157 Å². The lowest BCUT2D eigenvalue weighted by Gasteiger charge is -2.38. The smallest absolute Gasteiger partial charge is 0.254 e. The molecule has 1 fully saturated rings. The maximum atomic E-state index is 12.1. The molecule has 2 amide bonds. The Balaban J connectivity index is 1.63. The van der Waals surface area contributed by atoms with Crippen LogP contribution in [0.2, 0.25) is 0 Å². The maximum absolute atomic E-state index is 12.1. The van der Waals surface area contributed by atoms with Gasteiger partial charge in [0.1, 0.15) is 11.4 Å². The number of benzene rings is 1. The van der Waals surface area contributed by atoms with E-state index in [0.717, 1.165) is 19.3 Å². The second-order valence-corrected chi connectivity index (χ2v) is 7.26. The predicted octanol–water partition coefficient (Wildman–Crippen LogP) is 1.41. The van der Waals surface area contributed by atoms with Gasteiger partial charge in [0.05, 0.1) is 11.7 Å². The van der Waals surface area contributed by atoms with E-state index in [-0.39, 0.29) is 17.9 Å². The molecule has 1 aliphatic heterocycles. The zero-order valence-electron chi connectivity index (χ0n) is 15.1. The molecule has 1 unspecified atom stereocenters. The molecule has 7 heteroatoms. The molecule has 0 radical (unpaired) electrons. The number of hydrogen-bond acceptors (Lipinski definition) is 4. The average molecular weight is 365 g/mol. The number of fused-ring (bicyclic) bond motifs is 1. The van der Waals surface area contributed by atoms with Crippen LogP contribution >= 0.6 is 0 Å². The number of hydrogen-bond donors (Lipinski definition) is 2. The number of anilines is 1. The summed E-state index contributed by atoms with van der Waals surface area (Å²) in [5, 5.41) is 4.70. The first-order valence-electron chi connectivity index (χ1n) is 9.15. The second-order valence-electron chi connectivity index (χ2n) is 7.26. The monoisotopic (exact) mass is 365 g/mol. The summed E-state index contributed by atoms with van der Waals surface area (Å²) in [5.74, 6) is -0.258. The predicted molar refractivity (Wildman–Crippen MR) is 102 cm³/mol. The van der Waals surface area contributed by atoms with Crippen molar-refractivity contribution in [3.63, 3.8) is 0 Å². The fraction of sp³-hybridized carbons (Fsp3) is 0.350. The van der Waals surface area contributed by atoms with Gasteiger partial charge in [-0.15, -0.1) is 0 Å². The van der Waals surface area contributed by atoms with Crippen LogP contribution in [-0.2, 0) is 17.6 Å². The molecule has 1 atom stereocenters. The van der Waals surface area contributed by atoms with Gasteiger partial charge in [-0.3, -0.25) is 9.59 Å². The third-order valence-corrected chi connectivity index (χ3v) is 5.65. The summed E-state index contributed by atoms with van der Waals surface area (Å²) in [4.78, 5) is 25.4. The maximum Gasteiger partial charge on any atom is 0.254 e. The van der Waals surface area contributed by atoms with Gasteiger partial charge in [-0.2, -0.15) is 5.10 Å². The first-order chi connectivity index (χ1) is 13.0. The van der Waals surface area contributed by atoms with E-state index in [9.17, 15) is 9.59 Å². The molecular formula is C20H23N5O2. The number of nitrogen functional groups attached to an aromatic ring is 1. The van der Waals surface area contributed by atoms with Crippen LogP contribution in [0.25, 0.3) is 0 Å². The first-order valence-corrected chi connectivity index (χ1v) is 9.15. The number of carbonyl (C=O) groups is 2. The van der Waals surface area contributed by atoms with Crippen LogP contribution in [0.1, 0.15) is 45.6 Å². The van der Waals surface area contributed by atoms with Crippen LogP contribution in [0, 0.1) is 0 Å². The molecule has 4 N–H and O–H groups in total. The van der Waals surface area contributed by atoms with E-state index < -0.39 is 5.91 Å².